The number of aromatic nitrogens is 2. The van der Waals surface area contributed by atoms with Crippen molar-refractivity contribution in [1.82, 2.24) is 9.55 Å². The SMILES string of the molecule is C=C(C)n1c(CCC)cc(=O)nc1NC.CC.CCC(C)C(=O)OC. The van der Waals surface area contributed by atoms with Crippen LogP contribution in [0.3, 0.4) is 0 Å². The van der Waals surface area contributed by atoms with Crippen LogP contribution in [0.1, 0.15) is 60.1 Å². The number of ether oxygens (including phenoxy) is 1. The minimum Gasteiger partial charge on any atom is -0.469 e. The molecule has 6 nitrogen and oxygen atoms in total. The third kappa shape index (κ3) is 9.08. The topological polar surface area (TPSA) is 73.2 Å². The molecule has 1 N–H and O–H groups in total. The van der Waals surface area contributed by atoms with Gasteiger partial charge in [0.2, 0.25) is 5.95 Å². The van der Waals surface area contributed by atoms with Crippen molar-refractivity contribution < 1.29 is 9.53 Å². The van der Waals surface area contributed by atoms with Crippen molar-refractivity contribution in [2.45, 2.75) is 60.8 Å². The lowest BCUT2D eigenvalue weighted by Crippen LogP contribution is -2.18. The molecule has 1 aromatic rings. The zero-order valence-corrected chi connectivity index (χ0v) is 17.1. The van der Waals surface area contributed by atoms with Gasteiger partial charge in [0, 0.05) is 24.5 Å². The maximum absolute atomic E-state index is 11.3. The lowest BCUT2D eigenvalue weighted by atomic mass is 10.1. The molecule has 25 heavy (non-hydrogen) atoms. The molecular formula is C19H35N3O3. The fourth-order valence-corrected chi connectivity index (χ4v) is 1.93. The Hall–Kier alpha value is -2.11. The first-order chi connectivity index (χ1) is 11.8. The molecule has 0 saturated heterocycles. The Morgan fingerprint density at radius 1 is 1.40 bits per heavy atom. The molecule has 0 aromatic carbocycles. The van der Waals surface area contributed by atoms with Crippen LogP contribution >= 0.6 is 0 Å². The first kappa shape index (κ1) is 25.1. The Kier molecular flexibility index (Phi) is 14.3. The van der Waals surface area contributed by atoms with E-state index in [4.69, 9.17) is 0 Å². The molecule has 0 amide bonds. The van der Waals surface area contributed by atoms with Gasteiger partial charge in [-0.05, 0) is 19.8 Å². The Balaban J connectivity index is 0. The molecule has 0 bridgehead atoms. The molecule has 0 fully saturated rings. The number of hydrogen-bond donors (Lipinski definition) is 1. The van der Waals surface area contributed by atoms with Crippen molar-refractivity contribution in [3.8, 4) is 0 Å². The summed E-state index contributed by atoms with van der Waals surface area (Å²) in [4.78, 5) is 25.7. The number of methoxy groups -OCH3 is 1. The summed E-state index contributed by atoms with van der Waals surface area (Å²) in [7, 11) is 3.16. The van der Waals surface area contributed by atoms with Crippen molar-refractivity contribution in [2.24, 2.45) is 5.92 Å². The van der Waals surface area contributed by atoms with E-state index in [0.29, 0.717) is 5.95 Å². The number of aryl methyl sites for hydroxylation is 1. The molecule has 1 rings (SSSR count). The molecule has 0 radical (unpaired) electrons. The number of esters is 1. The average molecular weight is 354 g/mol. The van der Waals surface area contributed by atoms with Gasteiger partial charge in [0.25, 0.3) is 5.56 Å². The summed E-state index contributed by atoms with van der Waals surface area (Å²) in [6.07, 6.45) is 2.69. The summed E-state index contributed by atoms with van der Waals surface area (Å²) in [5, 5.41) is 2.91. The molecule has 0 spiro atoms. The fraction of sp³-hybridized carbons (Fsp3) is 0.632. The van der Waals surface area contributed by atoms with E-state index in [1.54, 1.807) is 13.1 Å². The van der Waals surface area contributed by atoms with Gasteiger partial charge in [0.1, 0.15) is 0 Å². The summed E-state index contributed by atoms with van der Waals surface area (Å²) in [6, 6.07) is 1.57. The van der Waals surface area contributed by atoms with E-state index < -0.39 is 0 Å². The third-order valence-electron chi connectivity index (χ3n) is 3.33. The number of anilines is 1. The van der Waals surface area contributed by atoms with E-state index in [-0.39, 0.29) is 17.4 Å². The van der Waals surface area contributed by atoms with Crippen LogP contribution in [-0.2, 0) is 16.0 Å². The van der Waals surface area contributed by atoms with Gasteiger partial charge < -0.3 is 10.1 Å². The molecule has 1 atom stereocenters. The molecule has 0 saturated carbocycles. The molecular weight excluding hydrogens is 318 g/mol. The lowest BCUT2D eigenvalue weighted by Gasteiger charge is -2.16. The zero-order chi connectivity index (χ0) is 20.0. The number of carbonyl (C=O) groups excluding carboxylic acids is 1. The van der Waals surface area contributed by atoms with Gasteiger partial charge in [-0.3, -0.25) is 14.2 Å². The van der Waals surface area contributed by atoms with Crippen LogP contribution in [0.5, 0.6) is 0 Å². The Bertz CT molecular complexity index is 580. The van der Waals surface area contributed by atoms with Crippen molar-refractivity contribution in [1.29, 1.82) is 0 Å². The maximum Gasteiger partial charge on any atom is 0.308 e. The second-order valence-corrected chi connectivity index (χ2v) is 5.31. The van der Waals surface area contributed by atoms with Crippen molar-refractivity contribution in [3.63, 3.8) is 0 Å². The average Bonchev–Trinajstić information content (AvgIpc) is 2.61. The summed E-state index contributed by atoms with van der Waals surface area (Å²) < 4.78 is 6.34. The first-order valence-corrected chi connectivity index (χ1v) is 8.86. The normalized spacial score (nSPS) is 10.4. The van der Waals surface area contributed by atoms with Gasteiger partial charge in [-0.15, -0.1) is 0 Å². The summed E-state index contributed by atoms with van der Waals surface area (Å²) in [5.74, 6) is 0.492. The second-order valence-electron chi connectivity index (χ2n) is 5.31. The van der Waals surface area contributed by atoms with E-state index in [0.717, 1.165) is 30.7 Å². The van der Waals surface area contributed by atoms with Gasteiger partial charge in [0.15, 0.2) is 0 Å². The monoisotopic (exact) mass is 353 g/mol. The highest BCUT2D eigenvalue weighted by Gasteiger charge is 2.08. The smallest absolute Gasteiger partial charge is 0.308 e. The molecule has 1 heterocycles. The molecule has 1 unspecified atom stereocenters. The Labute approximate surface area is 152 Å². The molecule has 0 aliphatic heterocycles. The van der Waals surface area contributed by atoms with Crippen LogP contribution in [0.2, 0.25) is 0 Å². The minimum absolute atomic E-state index is 0.0556. The molecule has 0 aliphatic carbocycles. The highest BCUT2D eigenvalue weighted by atomic mass is 16.5. The summed E-state index contributed by atoms with van der Waals surface area (Å²) in [5.41, 5.74) is 1.60. The highest BCUT2D eigenvalue weighted by Crippen LogP contribution is 2.13. The van der Waals surface area contributed by atoms with Gasteiger partial charge in [-0.25, -0.2) is 0 Å². The van der Waals surface area contributed by atoms with Crippen LogP contribution < -0.4 is 10.9 Å². The van der Waals surface area contributed by atoms with Gasteiger partial charge >= 0.3 is 5.97 Å². The number of nitrogens with one attached hydrogen (secondary N) is 1. The second kappa shape index (κ2) is 14.3. The van der Waals surface area contributed by atoms with Crippen molar-refractivity contribution >= 4 is 17.6 Å². The van der Waals surface area contributed by atoms with Crippen LogP contribution in [-0.4, -0.2) is 29.7 Å². The van der Waals surface area contributed by atoms with Crippen LogP contribution in [0.25, 0.3) is 5.70 Å². The quantitative estimate of drug-likeness (QED) is 0.784. The van der Waals surface area contributed by atoms with Gasteiger partial charge in [-0.2, -0.15) is 4.98 Å². The maximum atomic E-state index is 11.3. The van der Waals surface area contributed by atoms with Crippen LogP contribution in [0.4, 0.5) is 5.95 Å². The largest absolute Gasteiger partial charge is 0.469 e. The Morgan fingerprint density at radius 3 is 2.28 bits per heavy atom. The minimum atomic E-state index is -0.208. The van der Waals surface area contributed by atoms with E-state index >= 15 is 0 Å². The first-order valence-electron chi connectivity index (χ1n) is 8.86. The van der Waals surface area contributed by atoms with Crippen molar-refractivity contribution in [2.75, 3.05) is 19.5 Å². The number of hydrogen-bond acceptors (Lipinski definition) is 5. The summed E-state index contributed by atoms with van der Waals surface area (Å²) in [6.45, 7) is 15.7. The van der Waals surface area contributed by atoms with Crippen LogP contribution in [0, 0.1) is 5.92 Å². The van der Waals surface area contributed by atoms with Crippen LogP contribution in [0.15, 0.2) is 17.4 Å². The highest BCUT2D eigenvalue weighted by molar-refractivity contribution is 5.71. The van der Waals surface area contributed by atoms with Gasteiger partial charge in [-0.1, -0.05) is 47.6 Å². The number of allylic oxidation sites excluding steroid dienone is 1. The summed E-state index contributed by atoms with van der Waals surface area (Å²) >= 11 is 0. The molecule has 1 aromatic heterocycles. The lowest BCUT2D eigenvalue weighted by molar-refractivity contribution is -0.144. The number of rotatable bonds is 6. The third-order valence-corrected chi connectivity index (χ3v) is 3.33. The van der Waals surface area contributed by atoms with E-state index in [9.17, 15) is 9.59 Å². The van der Waals surface area contributed by atoms with Gasteiger partial charge in [0.05, 0.1) is 13.0 Å². The predicted octanol–water partition coefficient (Wildman–Crippen LogP) is 3.96. The van der Waals surface area contributed by atoms with E-state index in [1.807, 2.05) is 39.2 Å². The predicted molar refractivity (Wildman–Crippen MR) is 106 cm³/mol. The van der Waals surface area contributed by atoms with E-state index in [1.165, 1.54) is 7.11 Å². The fourth-order valence-electron chi connectivity index (χ4n) is 1.93. The zero-order valence-electron chi connectivity index (χ0n) is 17.1. The van der Waals surface area contributed by atoms with E-state index in [2.05, 4.69) is 28.5 Å². The van der Waals surface area contributed by atoms with Crippen molar-refractivity contribution in [3.05, 3.63) is 28.7 Å². The Morgan fingerprint density at radius 2 is 1.96 bits per heavy atom. The standard InChI is InChI=1S/C11H17N3O.C6H12O2.C2H6/c1-5-6-9-7-10(15)13-11(12-4)14(9)8(2)3;1-4-5(2)6(7)8-3;1-2/h7H,2,5-6H2,1,3-4H3,(H,12,13,15);5H,4H2,1-3H3;1-2H3. The molecule has 144 valence electrons. The molecule has 6 heteroatoms. The number of nitrogens with zero attached hydrogens (tertiary/aromatic N) is 2. The molecule has 0 aliphatic rings. The number of carbonyl (C=O) groups is 1.